The molecule has 7 nitrogen and oxygen atoms in total. The molecule has 0 atom stereocenters. The summed E-state index contributed by atoms with van der Waals surface area (Å²) in [6.45, 7) is 1.76. The highest BCUT2D eigenvalue weighted by Gasteiger charge is 2.17. The number of carbonyl (C=O) groups is 1. The number of anilines is 2. The van der Waals surface area contributed by atoms with Gasteiger partial charge >= 0.3 is 0 Å². The van der Waals surface area contributed by atoms with Crippen LogP contribution >= 0.6 is 11.6 Å². The maximum absolute atomic E-state index is 12.6. The molecule has 27 heavy (non-hydrogen) atoms. The van der Waals surface area contributed by atoms with Crippen LogP contribution in [0.3, 0.4) is 0 Å². The summed E-state index contributed by atoms with van der Waals surface area (Å²) in [7, 11) is -3.86. The first kappa shape index (κ1) is 18.8. The Morgan fingerprint density at radius 3 is 2.63 bits per heavy atom. The van der Waals surface area contributed by atoms with Gasteiger partial charge in [0.2, 0.25) is 0 Å². The fraction of sp³-hybridized carbons (Fsp3) is 0.0556. The number of aromatic nitrogens is 2. The molecule has 0 saturated carbocycles. The minimum Gasteiger partial charge on any atom is -0.320 e. The van der Waals surface area contributed by atoms with E-state index in [1.165, 1.54) is 36.8 Å². The van der Waals surface area contributed by atoms with Crippen LogP contribution in [0, 0.1) is 6.92 Å². The van der Waals surface area contributed by atoms with Crippen molar-refractivity contribution in [1.29, 1.82) is 0 Å². The molecule has 0 spiro atoms. The van der Waals surface area contributed by atoms with Crippen LogP contribution in [0.25, 0.3) is 0 Å². The van der Waals surface area contributed by atoms with Crippen LogP contribution < -0.4 is 10.0 Å². The first-order valence-corrected chi connectivity index (χ1v) is 9.68. The molecule has 1 heterocycles. The van der Waals surface area contributed by atoms with Crippen LogP contribution in [0.1, 0.15) is 16.1 Å². The number of hydrogen-bond donors (Lipinski definition) is 2. The van der Waals surface area contributed by atoms with E-state index < -0.39 is 15.9 Å². The zero-order chi connectivity index (χ0) is 19.4. The van der Waals surface area contributed by atoms with Gasteiger partial charge in [0, 0.05) is 23.1 Å². The van der Waals surface area contributed by atoms with Crippen molar-refractivity contribution >= 4 is 38.9 Å². The standard InChI is InChI=1S/C18H15ClN4O3S/c1-12-5-6-15(27(25,26)23-14-4-2-3-13(19)9-14)10-16(12)22-18(24)17-11-20-7-8-21-17/h2-11,23H,1H3,(H,22,24). The predicted molar refractivity (Wildman–Crippen MR) is 103 cm³/mol. The summed E-state index contributed by atoms with van der Waals surface area (Å²) >= 11 is 5.89. The molecule has 9 heteroatoms. The van der Waals surface area contributed by atoms with E-state index in [1.54, 1.807) is 31.2 Å². The van der Waals surface area contributed by atoms with Crippen LogP contribution in [-0.4, -0.2) is 24.3 Å². The Labute approximate surface area is 161 Å². The van der Waals surface area contributed by atoms with Crippen molar-refractivity contribution in [3.05, 3.63) is 77.3 Å². The average molecular weight is 403 g/mol. The molecular weight excluding hydrogens is 388 g/mol. The normalized spacial score (nSPS) is 11.0. The second kappa shape index (κ2) is 7.73. The topological polar surface area (TPSA) is 101 Å². The zero-order valence-corrected chi connectivity index (χ0v) is 15.8. The molecule has 0 bridgehead atoms. The second-order valence-corrected chi connectivity index (χ2v) is 7.76. The predicted octanol–water partition coefficient (Wildman–Crippen LogP) is 3.49. The van der Waals surface area contributed by atoms with E-state index in [1.807, 2.05) is 0 Å². The molecule has 138 valence electrons. The molecule has 0 fully saturated rings. The fourth-order valence-corrected chi connectivity index (χ4v) is 3.54. The highest BCUT2D eigenvalue weighted by Crippen LogP contribution is 2.24. The minimum atomic E-state index is -3.86. The van der Waals surface area contributed by atoms with Gasteiger partial charge in [-0.3, -0.25) is 14.5 Å². The van der Waals surface area contributed by atoms with Crippen molar-refractivity contribution in [3.8, 4) is 0 Å². The van der Waals surface area contributed by atoms with Crippen LogP contribution in [-0.2, 0) is 10.0 Å². The molecule has 0 radical (unpaired) electrons. The molecular formula is C18H15ClN4O3S. The molecule has 0 aliphatic carbocycles. The van der Waals surface area contributed by atoms with E-state index in [4.69, 9.17) is 11.6 Å². The van der Waals surface area contributed by atoms with Gasteiger partial charge in [0.15, 0.2) is 0 Å². The summed E-state index contributed by atoms with van der Waals surface area (Å²) in [6.07, 6.45) is 4.18. The van der Waals surface area contributed by atoms with Crippen LogP contribution in [0.15, 0.2) is 66.0 Å². The van der Waals surface area contributed by atoms with E-state index in [2.05, 4.69) is 20.0 Å². The Balaban J connectivity index is 1.87. The molecule has 0 aliphatic heterocycles. The maximum Gasteiger partial charge on any atom is 0.275 e. The van der Waals surface area contributed by atoms with Crippen molar-refractivity contribution < 1.29 is 13.2 Å². The highest BCUT2D eigenvalue weighted by atomic mass is 35.5. The fourth-order valence-electron chi connectivity index (χ4n) is 2.27. The molecule has 0 unspecified atom stereocenters. The lowest BCUT2D eigenvalue weighted by Gasteiger charge is -2.12. The quantitative estimate of drug-likeness (QED) is 0.680. The number of aryl methyl sites for hydroxylation is 1. The lowest BCUT2D eigenvalue weighted by molar-refractivity contribution is 0.102. The van der Waals surface area contributed by atoms with Gasteiger partial charge in [-0.05, 0) is 42.8 Å². The number of benzene rings is 2. The Bertz CT molecular complexity index is 1090. The van der Waals surface area contributed by atoms with Crippen molar-refractivity contribution in [1.82, 2.24) is 9.97 Å². The third-order valence-electron chi connectivity index (χ3n) is 3.64. The van der Waals surface area contributed by atoms with Gasteiger partial charge in [0.05, 0.1) is 16.8 Å². The first-order valence-electron chi connectivity index (χ1n) is 7.81. The van der Waals surface area contributed by atoms with E-state index in [9.17, 15) is 13.2 Å². The summed E-state index contributed by atoms with van der Waals surface area (Å²) in [4.78, 5) is 20.0. The number of carbonyl (C=O) groups excluding carboxylic acids is 1. The largest absolute Gasteiger partial charge is 0.320 e. The minimum absolute atomic E-state index is 0.00233. The van der Waals surface area contributed by atoms with E-state index in [0.29, 0.717) is 22.0 Å². The molecule has 3 aromatic rings. The van der Waals surface area contributed by atoms with Gasteiger partial charge in [0.25, 0.3) is 15.9 Å². The Morgan fingerprint density at radius 2 is 1.93 bits per heavy atom. The summed E-state index contributed by atoms with van der Waals surface area (Å²) < 4.78 is 27.7. The SMILES string of the molecule is Cc1ccc(S(=O)(=O)Nc2cccc(Cl)c2)cc1NC(=O)c1cnccn1. The highest BCUT2D eigenvalue weighted by molar-refractivity contribution is 7.92. The Hall–Kier alpha value is -2.97. The summed E-state index contributed by atoms with van der Waals surface area (Å²) in [5.41, 5.74) is 1.53. The summed E-state index contributed by atoms with van der Waals surface area (Å²) in [5.74, 6) is -0.483. The summed E-state index contributed by atoms with van der Waals surface area (Å²) in [6, 6.07) is 10.8. The van der Waals surface area contributed by atoms with Crippen molar-refractivity contribution in [2.45, 2.75) is 11.8 Å². The third-order valence-corrected chi connectivity index (χ3v) is 5.25. The molecule has 1 aromatic heterocycles. The molecule has 2 N–H and O–H groups in total. The number of sulfonamides is 1. The van der Waals surface area contributed by atoms with Gasteiger partial charge in [-0.25, -0.2) is 13.4 Å². The van der Waals surface area contributed by atoms with Crippen molar-refractivity contribution in [3.63, 3.8) is 0 Å². The van der Waals surface area contributed by atoms with Crippen molar-refractivity contribution in [2.75, 3.05) is 10.0 Å². The van der Waals surface area contributed by atoms with Gasteiger partial charge in [-0.15, -0.1) is 0 Å². The third kappa shape index (κ3) is 4.60. The molecule has 0 saturated heterocycles. The Morgan fingerprint density at radius 1 is 1.11 bits per heavy atom. The van der Waals surface area contributed by atoms with E-state index in [-0.39, 0.29) is 10.6 Å². The lowest BCUT2D eigenvalue weighted by Crippen LogP contribution is -2.16. The zero-order valence-electron chi connectivity index (χ0n) is 14.2. The maximum atomic E-state index is 12.6. The van der Waals surface area contributed by atoms with Crippen molar-refractivity contribution in [2.24, 2.45) is 0 Å². The lowest BCUT2D eigenvalue weighted by atomic mass is 10.2. The molecule has 3 rings (SSSR count). The van der Waals surface area contributed by atoms with Crippen LogP contribution in [0.2, 0.25) is 5.02 Å². The van der Waals surface area contributed by atoms with E-state index in [0.717, 1.165) is 0 Å². The van der Waals surface area contributed by atoms with Gasteiger partial charge in [-0.1, -0.05) is 23.7 Å². The first-order chi connectivity index (χ1) is 12.8. The van der Waals surface area contributed by atoms with Gasteiger partial charge < -0.3 is 5.32 Å². The van der Waals surface area contributed by atoms with Crippen LogP contribution in [0.5, 0.6) is 0 Å². The number of rotatable bonds is 5. The molecule has 1 amide bonds. The second-order valence-electron chi connectivity index (χ2n) is 5.64. The van der Waals surface area contributed by atoms with E-state index >= 15 is 0 Å². The van der Waals surface area contributed by atoms with Gasteiger partial charge in [0.1, 0.15) is 5.69 Å². The molecule has 2 aromatic carbocycles. The number of halogens is 1. The average Bonchev–Trinajstić information content (AvgIpc) is 2.63. The number of amides is 1. The number of hydrogen-bond acceptors (Lipinski definition) is 5. The summed E-state index contributed by atoms with van der Waals surface area (Å²) in [5, 5.41) is 3.07. The monoisotopic (exact) mass is 402 g/mol. The number of nitrogens with zero attached hydrogens (tertiary/aromatic N) is 2. The smallest absolute Gasteiger partial charge is 0.275 e. The molecule has 0 aliphatic rings. The van der Waals surface area contributed by atoms with Crippen LogP contribution in [0.4, 0.5) is 11.4 Å². The Kier molecular flexibility index (Phi) is 5.38. The number of nitrogens with one attached hydrogen (secondary N) is 2. The van der Waals surface area contributed by atoms with Gasteiger partial charge in [-0.2, -0.15) is 0 Å².